The van der Waals surface area contributed by atoms with Gasteiger partial charge in [-0.2, -0.15) is 0 Å². The number of rotatable bonds is 8. The van der Waals surface area contributed by atoms with E-state index >= 15 is 0 Å². The van der Waals surface area contributed by atoms with E-state index in [-0.39, 0.29) is 5.97 Å². The summed E-state index contributed by atoms with van der Waals surface area (Å²) in [6.07, 6.45) is 3.29. The molecule has 0 aliphatic heterocycles. The van der Waals surface area contributed by atoms with Crippen LogP contribution in [0.4, 0.5) is 0 Å². The summed E-state index contributed by atoms with van der Waals surface area (Å²) in [5.41, 5.74) is 3.96. The SMILES string of the molecule is C=C(C)CCn1c(C(=O)OC(C)(C)C)c(-c2cccc(OCC3CC3)c2)c2ccccc21. The van der Waals surface area contributed by atoms with Crippen molar-refractivity contribution in [3.8, 4) is 16.9 Å². The Balaban J connectivity index is 1.86. The predicted molar refractivity (Wildman–Crippen MR) is 130 cm³/mol. The van der Waals surface area contributed by atoms with Crippen LogP contribution in [0.2, 0.25) is 0 Å². The lowest BCUT2D eigenvalue weighted by molar-refractivity contribution is 0.00591. The molecule has 1 saturated carbocycles. The number of benzene rings is 2. The Labute approximate surface area is 190 Å². The van der Waals surface area contributed by atoms with Gasteiger partial charge in [-0.05, 0) is 76.6 Å². The minimum absolute atomic E-state index is 0.310. The summed E-state index contributed by atoms with van der Waals surface area (Å²) in [5, 5.41) is 1.04. The monoisotopic (exact) mass is 431 g/mol. The normalized spacial score (nSPS) is 13.9. The zero-order valence-corrected chi connectivity index (χ0v) is 19.6. The number of ether oxygens (including phenoxy) is 2. The summed E-state index contributed by atoms with van der Waals surface area (Å²) >= 11 is 0. The first-order chi connectivity index (χ1) is 15.2. The van der Waals surface area contributed by atoms with Gasteiger partial charge in [-0.25, -0.2) is 4.79 Å². The highest BCUT2D eigenvalue weighted by Crippen LogP contribution is 2.38. The summed E-state index contributed by atoms with van der Waals surface area (Å²) in [7, 11) is 0. The maximum atomic E-state index is 13.5. The molecule has 168 valence electrons. The minimum atomic E-state index is -0.584. The summed E-state index contributed by atoms with van der Waals surface area (Å²) in [6.45, 7) is 13.2. The number of carbonyl (C=O) groups is 1. The number of aromatic nitrogens is 1. The summed E-state index contributed by atoms with van der Waals surface area (Å²) < 4.78 is 14.0. The maximum absolute atomic E-state index is 13.5. The lowest BCUT2D eigenvalue weighted by Gasteiger charge is -2.21. The average molecular weight is 432 g/mol. The second-order valence-corrected chi connectivity index (χ2v) is 9.88. The molecule has 2 aromatic carbocycles. The van der Waals surface area contributed by atoms with Gasteiger partial charge in [0.25, 0.3) is 0 Å². The van der Waals surface area contributed by atoms with Gasteiger partial charge in [-0.1, -0.05) is 35.9 Å². The van der Waals surface area contributed by atoms with Crippen LogP contribution in [-0.4, -0.2) is 22.7 Å². The molecule has 4 heteroatoms. The van der Waals surface area contributed by atoms with Gasteiger partial charge in [-0.15, -0.1) is 6.58 Å². The zero-order chi connectivity index (χ0) is 22.9. The highest BCUT2D eigenvalue weighted by molar-refractivity contribution is 6.08. The van der Waals surface area contributed by atoms with E-state index in [1.54, 1.807) is 0 Å². The molecule has 3 aromatic rings. The van der Waals surface area contributed by atoms with Gasteiger partial charge < -0.3 is 14.0 Å². The second-order valence-electron chi connectivity index (χ2n) is 9.88. The van der Waals surface area contributed by atoms with Gasteiger partial charge in [0.05, 0.1) is 6.61 Å². The number of fused-ring (bicyclic) bond motifs is 1. The van der Waals surface area contributed by atoms with Crippen LogP contribution in [0.5, 0.6) is 5.75 Å². The molecule has 0 saturated heterocycles. The Morgan fingerprint density at radius 3 is 2.56 bits per heavy atom. The summed E-state index contributed by atoms with van der Waals surface area (Å²) in [5.74, 6) is 1.21. The summed E-state index contributed by atoms with van der Waals surface area (Å²) in [6, 6.07) is 16.2. The van der Waals surface area contributed by atoms with Gasteiger partial charge in [0.1, 0.15) is 17.0 Å². The first kappa shape index (κ1) is 22.2. The van der Waals surface area contributed by atoms with Crippen molar-refractivity contribution in [1.29, 1.82) is 0 Å². The fourth-order valence-electron chi connectivity index (χ4n) is 3.91. The second kappa shape index (κ2) is 8.85. The molecule has 0 atom stereocenters. The van der Waals surface area contributed by atoms with Crippen LogP contribution in [0.25, 0.3) is 22.0 Å². The Morgan fingerprint density at radius 2 is 1.88 bits per heavy atom. The van der Waals surface area contributed by atoms with Crippen LogP contribution >= 0.6 is 0 Å². The van der Waals surface area contributed by atoms with Crippen molar-refractivity contribution in [2.75, 3.05) is 6.61 Å². The standard InChI is InChI=1S/C28H33NO3/c1-19(2)15-16-29-24-12-7-6-11-23(24)25(26(29)27(30)32-28(3,4)5)21-9-8-10-22(17-21)31-18-20-13-14-20/h6-12,17,20H,1,13-16,18H2,2-5H3. The van der Waals surface area contributed by atoms with E-state index in [4.69, 9.17) is 9.47 Å². The van der Waals surface area contributed by atoms with Crippen molar-refractivity contribution in [2.45, 2.75) is 59.1 Å². The van der Waals surface area contributed by atoms with E-state index in [1.165, 1.54) is 12.8 Å². The Bertz CT molecular complexity index is 1150. The number of hydrogen-bond donors (Lipinski definition) is 0. The van der Waals surface area contributed by atoms with Gasteiger partial charge >= 0.3 is 5.97 Å². The molecule has 0 spiro atoms. The molecule has 0 bridgehead atoms. The van der Waals surface area contributed by atoms with Gasteiger partial charge in [0.2, 0.25) is 0 Å². The summed E-state index contributed by atoms with van der Waals surface area (Å²) in [4.78, 5) is 13.5. The van der Waals surface area contributed by atoms with E-state index in [9.17, 15) is 4.79 Å². The van der Waals surface area contributed by atoms with E-state index in [0.29, 0.717) is 18.2 Å². The molecule has 4 nitrogen and oxygen atoms in total. The maximum Gasteiger partial charge on any atom is 0.356 e. The van der Waals surface area contributed by atoms with Crippen LogP contribution < -0.4 is 4.74 Å². The number of esters is 1. The van der Waals surface area contributed by atoms with E-state index in [2.05, 4.69) is 23.3 Å². The largest absolute Gasteiger partial charge is 0.493 e. The third-order valence-electron chi connectivity index (χ3n) is 5.63. The van der Waals surface area contributed by atoms with Gasteiger partial charge in [-0.3, -0.25) is 0 Å². The van der Waals surface area contributed by atoms with Gasteiger partial charge in [0.15, 0.2) is 0 Å². The molecule has 0 amide bonds. The van der Waals surface area contributed by atoms with Crippen LogP contribution in [0, 0.1) is 5.92 Å². The quantitative estimate of drug-likeness (QED) is 0.284. The van der Waals surface area contributed by atoms with Crippen molar-refractivity contribution in [3.63, 3.8) is 0 Å². The number of nitrogens with zero attached hydrogens (tertiary/aromatic N) is 1. The molecule has 0 unspecified atom stereocenters. The Hall–Kier alpha value is -3.01. The van der Waals surface area contributed by atoms with Crippen LogP contribution in [0.15, 0.2) is 60.7 Å². The smallest absolute Gasteiger partial charge is 0.356 e. The fraction of sp³-hybridized carbons (Fsp3) is 0.393. The molecule has 4 rings (SSSR count). The van der Waals surface area contributed by atoms with Crippen LogP contribution in [0.3, 0.4) is 0 Å². The lowest BCUT2D eigenvalue weighted by Crippen LogP contribution is -2.26. The van der Waals surface area contributed by atoms with Crippen LogP contribution in [-0.2, 0) is 11.3 Å². The molecular formula is C28H33NO3. The predicted octanol–water partition coefficient (Wildman–Crippen LogP) is 7.02. The number of aryl methyl sites for hydroxylation is 1. The van der Waals surface area contributed by atoms with Crippen molar-refractivity contribution >= 4 is 16.9 Å². The molecule has 1 aliphatic rings. The number of carbonyl (C=O) groups excluding carboxylic acids is 1. The highest BCUT2D eigenvalue weighted by Gasteiger charge is 2.28. The average Bonchev–Trinajstić information content (AvgIpc) is 3.50. The first-order valence-corrected chi connectivity index (χ1v) is 11.4. The van der Waals surface area contributed by atoms with Crippen molar-refractivity contribution in [3.05, 3.63) is 66.4 Å². The number of para-hydroxylation sites is 1. The fourth-order valence-corrected chi connectivity index (χ4v) is 3.91. The molecule has 1 aliphatic carbocycles. The molecule has 1 aromatic heterocycles. The first-order valence-electron chi connectivity index (χ1n) is 11.4. The van der Waals surface area contributed by atoms with Crippen molar-refractivity contribution in [2.24, 2.45) is 5.92 Å². The molecule has 0 radical (unpaired) electrons. The molecule has 0 N–H and O–H groups in total. The van der Waals surface area contributed by atoms with E-state index in [1.807, 2.05) is 64.1 Å². The third-order valence-corrected chi connectivity index (χ3v) is 5.63. The van der Waals surface area contributed by atoms with Crippen molar-refractivity contribution < 1.29 is 14.3 Å². The molecular weight excluding hydrogens is 398 g/mol. The van der Waals surface area contributed by atoms with Crippen LogP contribution in [0.1, 0.15) is 57.4 Å². The molecule has 1 heterocycles. The zero-order valence-electron chi connectivity index (χ0n) is 19.6. The van der Waals surface area contributed by atoms with E-state index < -0.39 is 5.60 Å². The minimum Gasteiger partial charge on any atom is -0.493 e. The molecule has 32 heavy (non-hydrogen) atoms. The topological polar surface area (TPSA) is 40.5 Å². The number of allylic oxidation sites excluding steroid dienone is 1. The third kappa shape index (κ3) is 5.07. The lowest BCUT2D eigenvalue weighted by atomic mass is 10.0. The van der Waals surface area contributed by atoms with Crippen molar-refractivity contribution in [1.82, 2.24) is 4.57 Å². The molecule has 1 fully saturated rings. The Morgan fingerprint density at radius 1 is 1.12 bits per heavy atom. The highest BCUT2D eigenvalue weighted by atomic mass is 16.6. The van der Waals surface area contributed by atoms with Gasteiger partial charge in [0, 0.05) is 23.0 Å². The Kier molecular flexibility index (Phi) is 6.14. The number of hydrogen-bond acceptors (Lipinski definition) is 3. The van der Waals surface area contributed by atoms with E-state index in [0.717, 1.165) is 46.4 Å².